The minimum Gasteiger partial charge on any atom is -0.352 e. The summed E-state index contributed by atoms with van der Waals surface area (Å²) in [6.45, 7) is 2.28. The summed E-state index contributed by atoms with van der Waals surface area (Å²) in [7, 11) is 0. The molecule has 0 aliphatic rings. The molecule has 0 aliphatic carbocycles. The third-order valence-electron chi connectivity index (χ3n) is 3.03. The summed E-state index contributed by atoms with van der Waals surface area (Å²) < 4.78 is 13.0. The molecule has 1 amide bonds. The Morgan fingerprint density at radius 2 is 2.10 bits per heavy atom. The van der Waals surface area contributed by atoms with E-state index in [2.05, 4.69) is 10.3 Å². The first kappa shape index (κ1) is 14.0. The second kappa shape index (κ2) is 6.14. The molecule has 0 saturated heterocycles. The zero-order chi connectivity index (χ0) is 14.5. The van der Waals surface area contributed by atoms with Gasteiger partial charge in [0, 0.05) is 18.8 Å². The lowest BCUT2D eigenvalue weighted by molar-refractivity contribution is 0.0953. The van der Waals surface area contributed by atoms with E-state index < -0.39 is 0 Å². The fourth-order valence-electron chi connectivity index (χ4n) is 1.90. The van der Waals surface area contributed by atoms with Gasteiger partial charge in [-0.25, -0.2) is 4.39 Å². The maximum absolute atomic E-state index is 13.0. The first-order chi connectivity index (χ1) is 9.56. The third kappa shape index (κ3) is 3.54. The van der Waals surface area contributed by atoms with Crippen LogP contribution in [0.2, 0.25) is 0 Å². The molecule has 104 valence electrons. The second-order valence-corrected chi connectivity index (χ2v) is 4.52. The molecule has 0 atom stereocenters. The summed E-state index contributed by atoms with van der Waals surface area (Å²) in [6, 6.07) is 7.37. The van der Waals surface area contributed by atoms with Gasteiger partial charge < -0.3 is 10.3 Å². The van der Waals surface area contributed by atoms with Crippen LogP contribution in [-0.2, 0) is 6.42 Å². The topological polar surface area (TPSA) is 62.0 Å². The number of benzene rings is 1. The van der Waals surface area contributed by atoms with E-state index in [4.69, 9.17) is 0 Å². The monoisotopic (exact) mass is 274 g/mol. The summed E-state index contributed by atoms with van der Waals surface area (Å²) in [5.74, 6) is -0.510. The van der Waals surface area contributed by atoms with Gasteiger partial charge >= 0.3 is 0 Å². The van der Waals surface area contributed by atoms with Gasteiger partial charge in [-0.3, -0.25) is 9.59 Å². The fourth-order valence-corrected chi connectivity index (χ4v) is 1.90. The molecule has 2 N–H and O–H groups in total. The highest BCUT2D eigenvalue weighted by molar-refractivity contribution is 5.93. The van der Waals surface area contributed by atoms with Gasteiger partial charge in [-0.05, 0) is 42.7 Å². The van der Waals surface area contributed by atoms with Crippen molar-refractivity contribution in [3.05, 3.63) is 69.4 Å². The number of carbonyl (C=O) groups is 1. The molecule has 0 aliphatic heterocycles. The van der Waals surface area contributed by atoms with Crippen molar-refractivity contribution in [3.63, 3.8) is 0 Å². The molecule has 1 aromatic carbocycles. The van der Waals surface area contributed by atoms with Crippen LogP contribution in [0.4, 0.5) is 4.39 Å². The highest BCUT2D eigenvalue weighted by atomic mass is 19.1. The van der Waals surface area contributed by atoms with Gasteiger partial charge in [0.1, 0.15) is 5.82 Å². The Kier molecular flexibility index (Phi) is 4.30. The van der Waals surface area contributed by atoms with Gasteiger partial charge in [-0.2, -0.15) is 0 Å². The lowest BCUT2D eigenvalue weighted by atomic mass is 10.1. The van der Waals surface area contributed by atoms with Crippen LogP contribution in [0.3, 0.4) is 0 Å². The number of nitrogens with one attached hydrogen (secondary N) is 2. The number of aromatic nitrogens is 1. The molecular weight excluding hydrogens is 259 g/mol. The largest absolute Gasteiger partial charge is 0.352 e. The Labute approximate surface area is 115 Å². The molecule has 0 spiro atoms. The van der Waals surface area contributed by atoms with Gasteiger partial charge in [0.05, 0.1) is 5.56 Å². The van der Waals surface area contributed by atoms with Crippen LogP contribution < -0.4 is 10.9 Å². The lowest BCUT2D eigenvalue weighted by Gasteiger charge is -2.07. The van der Waals surface area contributed by atoms with Crippen molar-refractivity contribution in [2.75, 3.05) is 6.54 Å². The summed E-state index contributed by atoms with van der Waals surface area (Å²) in [5, 5.41) is 2.75. The number of H-pyrrole nitrogens is 1. The quantitative estimate of drug-likeness (QED) is 0.893. The Balaban J connectivity index is 1.91. The van der Waals surface area contributed by atoms with Crippen LogP contribution in [0.25, 0.3) is 0 Å². The zero-order valence-electron chi connectivity index (χ0n) is 11.1. The van der Waals surface area contributed by atoms with E-state index in [1.165, 1.54) is 30.5 Å². The van der Waals surface area contributed by atoms with E-state index in [9.17, 15) is 14.0 Å². The molecule has 0 radical (unpaired) electrons. The molecular formula is C15H15FN2O2. The number of hydrogen-bond acceptors (Lipinski definition) is 2. The van der Waals surface area contributed by atoms with Crippen molar-refractivity contribution < 1.29 is 9.18 Å². The van der Waals surface area contributed by atoms with Crippen LogP contribution in [-0.4, -0.2) is 17.4 Å². The van der Waals surface area contributed by atoms with Gasteiger partial charge in [0.2, 0.25) is 5.56 Å². The van der Waals surface area contributed by atoms with Crippen LogP contribution in [0, 0.1) is 12.7 Å². The van der Waals surface area contributed by atoms with Crippen LogP contribution in [0.15, 0.2) is 41.3 Å². The normalized spacial score (nSPS) is 10.3. The van der Waals surface area contributed by atoms with Crippen molar-refractivity contribution in [3.8, 4) is 0 Å². The van der Waals surface area contributed by atoms with E-state index in [-0.39, 0.29) is 17.3 Å². The number of aromatic amines is 1. The molecule has 0 unspecified atom stereocenters. The Morgan fingerprint density at radius 1 is 1.30 bits per heavy atom. The standard InChI is InChI=1S/C15H15FN2O2/c1-10-8-13(16)4-2-11(10)6-7-17-15(20)12-3-5-14(19)18-9-12/h2-5,8-9H,6-7H2,1H3,(H,17,20)(H,18,19). The Morgan fingerprint density at radius 3 is 2.75 bits per heavy atom. The molecule has 5 heteroatoms. The number of amides is 1. The predicted octanol–water partition coefficient (Wildman–Crippen LogP) is 1.79. The molecule has 0 fully saturated rings. The number of pyridine rings is 1. The van der Waals surface area contributed by atoms with Gasteiger partial charge in [0.25, 0.3) is 5.91 Å². The maximum Gasteiger partial charge on any atom is 0.252 e. The Hall–Kier alpha value is -2.43. The summed E-state index contributed by atoms with van der Waals surface area (Å²) in [4.78, 5) is 25.1. The second-order valence-electron chi connectivity index (χ2n) is 4.52. The van der Waals surface area contributed by atoms with Crippen LogP contribution in [0.1, 0.15) is 21.5 Å². The molecule has 0 saturated carbocycles. The zero-order valence-corrected chi connectivity index (χ0v) is 11.1. The van der Waals surface area contributed by atoms with E-state index in [1.54, 1.807) is 6.07 Å². The van der Waals surface area contributed by atoms with Gasteiger partial charge in [-0.1, -0.05) is 6.07 Å². The smallest absolute Gasteiger partial charge is 0.252 e. The predicted molar refractivity (Wildman–Crippen MR) is 74.2 cm³/mol. The first-order valence-corrected chi connectivity index (χ1v) is 6.28. The average Bonchev–Trinajstić information content (AvgIpc) is 2.42. The molecule has 2 aromatic rings. The maximum atomic E-state index is 13.0. The van der Waals surface area contributed by atoms with Crippen molar-refractivity contribution in [1.82, 2.24) is 10.3 Å². The van der Waals surface area contributed by atoms with Crippen LogP contribution >= 0.6 is 0 Å². The SMILES string of the molecule is Cc1cc(F)ccc1CCNC(=O)c1ccc(=O)[nH]c1. The highest BCUT2D eigenvalue weighted by Gasteiger charge is 2.05. The number of carbonyl (C=O) groups excluding carboxylic acids is 1. The molecule has 20 heavy (non-hydrogen) atoms. The minimum atomic E-state index is -0.261. The van der Waals surface area contributed by atoms with E-state index in [0.29, 0.717) is 18.5 Å². The molecule has 1 heterocycles. The first-order valence-electron chi connectivity index (χ1n) is 6.28. The lowest BCUT2D eigenvalue weighted by Crippen LogP contribution is -2.26. The van der Waals surface area contributed by atoms with Crippen LogP contribution in [0.5, 0.6) is 0 Å². The molecule has 0 bridgehead atoms. The molecule has 4 nitrogen and oxygen atoms in total. The van der Waals surface area contributed by atoms with E-state index >= 15 is 0 Å². The fraction of sp³-hybridized carbons (Fsp3) is 0.200. The average molecular weight is 274 g/mol. The highest BCUT2D eigenvalue weighted by Crippen LogP contribution is 2.10. The minimum absolute atomic E-state index is 0.247. The van der Waals surface area contributed by atoms with Crippen molar-refractivity contribution in [2.24, 2.45) is 0 Å². The molecule has 1 aromatic heterocycles. The summed E-state index contributed by atoms with van der Waals surface area (Å²) >= 11 is 0. The van der Waals surface area contributed by atoms with Gasteiger partial charge in [0.15, 0.2) is 0 Å². The summed E-state index contributed by atoms with van der Waals surface area (Å²) in [6.07, 6.45) is 2.00. The van der Waals surface area contributed by atoms with Gasteiger partial charge in [-0.15, -0.1) is 0 Å². The number of aryl methyl sites for hydroxylation is 1. The number of rotatable bonds is 4. The van der Waals surface area contributed by atoms with Crippen molar-refractivity contribution in [1.29, 1.82) is 0 Å². The van der Waals surface area contributed by atoms with E-state index in [1.807, 2.05) is 6.92 Å². The number of halogens is 1. The third-order valence-corrected chi connectivity index (χ3v) is 3.03. The van der Waals surface area contributed by atoms with Crippen molar-refractivity contribution >= 4 is 5.91 Å². The Bertz CT molecular complexity index is 659. The number of hydrogen-bond donors (Lipinski definition) is 2. The molecule has 2 rings (SSSR count). The van der Waals surface area contributed by atoms with E-state index in [0.717, 1.165) is 11.1 Å². The van der Waals surface area contributed by atoms with Crippen molar-refractivity contribution in [2.45, 2.75) is 13.3 Å². The summed E-state index contributed by atoms with van der Waals surface area (Å²) in [5.41, 5.74) is 2.01.